The first kappa shape index (κ1) is 18.7. The molecule has 1 saturated heterocycles. The lowest BCUT2D eigenvalue weighted by atomic mass is 10.1. The van der Waals surface area contributed by atoms with Crippen molar-refractivity contribution in [1.82, 2.24) is 29.6 Å². The Morgan fingerprint density at radius 3 is 2.53 bits per heavy atom. The number of hydrogen-bond acceptors (Lipinski definition) is 7. The fraction of sp³-hybridized carbons (Fsp3) is 0.286. The molecule has 0 N–H and O–H groups in total. The van der Waals surface area contributed by atoms with E-state index in [1.165, 1.54) is 0 Å². The van der Waals surface area contributed by atoms with E-state index in [1.807, 2.05) is 53.8 Å². The molecule has 1 amide bonds. The molecule has 0 radical (unpaired) electrons. The van der Waals surface area contributed by atoms with E-state index >= 15 is 0 Å². The summed E-state index contributed by atoms with van der Waals surface area (Å²) < 4.78 is 2.87. The van der Waals surface area contributed by atoms with E-state index in [-0.39, 0.29) is 5.91 Å². The maximum atomic E-state index is 12.9. The second kappa shape index (κ2) is 7.49. The number of nitrogens with zero attached hydrogens (tertiary/aromatic N) is 7. The molecule has 1 fully saturated rings. The predicted octanol–water partition coefficient (Wildman–Crippen LogP) is 2.85. The van der Waals surface area contributed by atoms with Crippen LogP contribution in [0.3, 0.4) is 0 Å². The van der Waals surface area contributed by atoms with E-state index in [4.69, 9.17) is 0 Å². The molecule has 8 nitrogen and oxygen atoms in total. The van der Waals surface area contributed by atoms with Crippen LogP contribution in [0, 0.1) is 13.8 Å². The summed E-state index contributed by atoms with van der Waals surface area (Å²) in [5, 5.41) is 4.50. The van der Waals surface area contributed by atoms with Crippen molar-refractivity contribution in [1.29, 1.82) is 0 Å². The van der Waals surface area contributed by atoms with Gasteiger partial charge in [-0.15, -0.1) is 11.3 Å². The summed E-state index contributed by atoms with van der Waals surface area (Å²) in [6.45, 7) is 6.73. The molecule has 1 aromatic carbocycles. The smallest absolute Gasteiger partial charge is 0.254 e. The molecular weight excluding hydrogens is 398 g/mol. The molecule has 0 bridgehead atoms. The molecule has 1 aliphatic rings. The van der Waals surface area contributed by atoms with Crippen LogP contribution in [-0.4, -0.2) is 61.7 Å². The van der Waals surface area contributed by atoms with Crippen LogP contribution in [-0.2, 0) is 0 Å². The van der Waals surface area contributed by atoms with Gasteiger partial charge in [0, 0.05) is 43.5 Å². The van der Waals surface area contributed by atoms with Crippen molar-refractivity contribution < 1.29 is 4.79 Å². The Hall–Kier alpha value is -3.33. The molecule has 0 spiro atoms. The Labute approximate surface area is 177 Å². The Morgan fingerprint density at radius 2 is 1.77 bits per heavy atom. The molecule has 4 heterocycles. The molecule has 4 aromatic rings. The van der Waals surface area contributed by atoms with Crippen molar-refractivity contribution in [2.75, 3.05) is 31.1 Å². The predicted molar refractivity (Wildman–Crippen MR) is 116 cm³/mol. The number of thiazole rings is 1. The molecule has 0 unspecified atom stereocenters. The van der Waals surface area contributed by atoms with Crippen LogP contribution < -0.4 is 4.90 Å². The quantitative estimate of drug-likeness (QED) is 0.508. The second-order valence-corrected chi connectivity index (χ2v) is 8.27. The number of rotatable bonds is 3. The average molecular weight is 420 g/mol. The van der Waals surface area contributed by atoms with Gasteiger partial charge in [-0.1, -0.05) is 0 Å². The number of carbonyl (C=O) groups is 1. The molecule has 0 saturated carbocycles. The van der Waals surface area contributed by atoms with E-state index in [0.717, 1.165) is 46.3 Å². The standard InChI is InChI=1S/C21H21N7OS/c1-14-9-15(2)28(25-14)20-11-19(22-12-23-20)26-5-7-27(8-6-26)21(29)16-3-4-17-18(10-16)30-13-24-17/h3-4,9-13H,5-8H2,1-2H3. The molecule has 0 atom stereocenters. The fourth-order valence-electron chi connectivity index (χ4n) is 3.80. The highest BCUT2D eigenvalue weighted by molar-refractivity contribution is 7.16. The highest BCUT2D eigenvalue weighted by Gasteiger charge is 2.23. The Balaban J connectivity index is 1.29. The van der Waals surface area contributed by atoms with E-state index in [2.05, 4.69) is 25.0 Å². The topological polar surface area (TPSA) is 80.0 Å². The van der Waals surface area contributed by atoms with Crippen LogP contribution in [0.2, 0.25) is 0 Å². The van der Waals surface area contributed by atoms with E-state index in [0.29, 0.717) is 18.7 Å². The van der Waals surface area contributed by atoms with Crippen molar-refractivity contribution in [3.8, 4) is 5.82 Å². The van der Waals surface area contributed by atoms with E-state index < -0.39 is 0 Å². The third-order valence-electron chi connectivity index (χ3n) is 5.33. The van der Waals surface area contributed by atoms with Gasteiger partial charge in [-0.2, -0.15) is 5.10 Å². The number of piperazine rings is 1. The fourth-order valence-corrected chi connectivity index (χ4v) is 4.51. The average Bonchev–Trinajstić information content (AvgIpc) is 3.38. The highest BCUT2D eigenvalue weighted by Crippen LogP contribution is 2.22. The summed E-state index contributed by atoms with van der Waals surface area (Å²) in [7, 11) is 0. The van der Waals surface area contributed by atoms with Crippen LogP contribution in [0.15, 0.2) is 42.2 Å². The van der Waals surface area contributed by atoms with Gasteiger partial charge in [0.2, 0.25) is 0 Å². The van der Waals surface area contributed by atoms with Crippen molar-refractivity contribution in [3.63, 3.8) is 0 Å². The first-order valence-electron chi connectivity index (χ1n) is 9.82. The van der Waals surface area contributed by atoms with Crippen LogP contribution in [0.5, 0.6) is 0 Å². The second-order valence-electron chi connectivity index (χ2n) is 7.39. The highest BCUT2D eigenvalue weighted by atomic mass is 32.1. The monoisotopic (exact) mass is 419 g/mol. The van der Waals surface area contributed by atoms with Gasteiger partial charge in [-0.3, -0.25) is 4.79 Å². The summed E-state index contributed by atoms with van der Waals surface area (Å²) in [6, 6.07) is 9.69. The zero-order valence-electron chi connectivity index (χ0n) is 16.8. The number of amides is 1. The first-order chi connectivity index (χ1) is 14.6. The maximum absolute atomic E-state index is 12.9. The van der Waals surface area contributed by atoms with Gasteiger partial charge >= 0.3 is 0 Å². The van der Waals surface area contributed by atoms with Crippen molar-refractivity contribution >= 4 is 33.3 Å². The third-order valence-corrected chi connectivity index (χ3v) is 6.13. The molecule has 5 rings (SSSR count). The van der Waals surface area contributed by atoms with Gasteiger partial charge in [0.25, 0.3) is 5.91 Å². The maximum Gasteiger partial charge on any atom is 0.254 e. The molecule has 1 aliphatic heterocycles. The lowest BCUT2D eigenvalue weighted by molar-refractivity contribution is 0.0746. The summed E-state index contributed by atoms with van der Waals surface area (Å²) >= 11 is 1.55. The number of benzene rings is 1. The molecule has 3 aromatic heterocycles. The van der Waals surface area contributed by atoms with Gasteiger partial charge in [0.05, 0.1) is 21.4 Å². The van der Waals surface area contributed by atoms with Crippen LogP contribution in [0.1, 0.15) is 21.7 Å². The number of fused-ring (bicyclic) bond motifs is 1. The number of aryl methyl sites for hydroxylation is 2. The number of anilines is 1. The minimum Gasteiger partial charge on any atom is -0.353 e. The molecule has 9 heteroatoms. The zero-order valence-corrected chi connectivity index (χ0v) is 17.6. The molecular formula is C21H21N7OS. The van der Waals surface area contributed by atoms with Gasteiger partial charge in [-0.25, -0.2) is 19.6 Å². The minimum atomic E-state index is 0.0657. The SMILES string of the molecule is Cc1cc(C)n(-c2cc(N3CCN(C(=O)c4ccc5ncsc5c4)CC3)ncn2)n1. The van der Waals surface area contributed by atoms with Gasteiger partial charge in [0.15, 0.2) is 5.82 Å². The van der Waals surface area contributed by atoms with Crippen LogP contribution in [0.4, 0.5) is 5.82 Å². The summed E-state index contributed by atoms with van der Waals surface area (Å²) in [5.74, 6) is 1.67. The number of aromatic nitrogens is 5. The Morgan fingerprint density at radius 1 is 0.967 bits per heavy atom. The molecule has 0 aliphatic carbocycles. The first-order valence-corrected chi connectivity index (χ1v) is 10.7. The zero-order chi connectivity index (χ0) is 20.7. The third kappa shape index (κ3) is 3.41. The molecule has 30 heavy (non-hydrogen) atoms. The van der Waals surface area contributed by atoms with Crippen LogP contribution in [0.25, 0.3) is 16.0 Å². The summed E-state index contributed by atoms with van der Waals surface area (Å²) in [5.41, 5.74) is 5.44. The lowest BCUT2D eigenvalue weighted by Crippen LogP contribution is -2.49. The Kier molecular flexibility index (Phi) is 4.66. The van der Waals surface area contributed by atoms with E-state index in [1.54, 1.807) is 23.2 Å². The lowest BCUT2D eigenvalue weighted by Gasteiger charge is -2.35. The summed E-state index contributed by atoms with van der Waals surface area (Å²) in [4.78, 5) is 30.1. The normalized spacial score (nSPS) is 14.5. The van der Waals surface area contributed by atoms with Crippen molar-refractivity contribution in [3.05, 3.63) is 59.1 Å². The van der Waals surface area contributed by atoms with Crippen LogP contribution >= 0.6 is 11.3 Å². The Bertz CT molecular complexity index is 1220. The van der Waals surface area contributed by atoms with Crippen molar-refractivity contribution in [2.24, 2.45) is 0 Å². The summed E-state index contributed by atoms with van der Waals surface area (Å²) in [6.07, 6.45) is 1.57. The van der Waals surface area contributed by atoms with Gasteiger partial charge in [0.1, 0.15) is 12.1 Å². The van der Waals surface area contributed by atoms with Crippen molar-refractivity contribution in [2.45, 2.75) is 13.8 Å². The van der Waals surface area contributed by atoms with Gasteiger partial charge in [-0.05, 0) is 38.1 Å². The largest absolute Gasteiger partial charge is 0.353 e. The number of carbonyl (C=O) groups excluding carboxylic acids is 1. The molecule has 152 valence electrons. The minimum absolute atomic E-state index is 0.0657. The number of hydrogen-bond donors (Lipinski definition) is 0. The van der Waals surface area contributed by atoms with E-state index in [9.17, 15) is 4.79 Å². The van der Waals surface area contributed by atoms with Gasteiger partial charge < -0.3 is 9.80 Å².